The number of hydrogen-bond donors (Lipinski definition) is 1. The van der Waals surface area contributed by atoms with E-state index in [-0.39, 0.29) is 13.1 Å². The lowest BCUT2D eigenvalue weighted by molar-refractivity contribution is 0.0272. The van der Waals surface area contributed by atoms with E-state index >= 15 is 0 Å². The molecule has 0 aromatic carbocycles. The van der Waals surface area contributed by atoms with Gasteiger partial charge in [-0.15, -0.1) is 0 Å². The van der Waals surface area contributed by atoms with Gasteiger partial charge in [-0.1, -0.05) is 27.7 Å². The lowest BCUT2D eigenvalue weighted by Gasteiger charge is -2.09. The Bertz CT molecular complexity index is 445. The van der Waals surface area contributed by atoms with Crippen LogP contribution >= 0.6 is 0 Å². The average Bonchev–Trinajstić information content (AvgIpc) is 2.61. The molecule has 1 rings (SSSR count). The van der Waals surface area contributed by atoms with Gasteiger partial charge < -0.3 is 19.5 Å². The Morgan fingerprint density at radius 3 is 2.42 bits per heavy atom. The molecule has 0 fully saturated rings. The molecule has 24 heavy (non-hydrogen) atoms. The normalized spacial score (nSPS) is 10.2. The Balaban J connectivity index is 0. The minimum Gasteiger partial charge on any atom is -0.382 e. The first kappa shape index (κ1) is 22.5. The van der Waals surface area contributed by atoms with Gasteiger partial charge in [0, 0.05) is 32.8 Å². The van der Waals surface area contributed by atoms with E-state index in [9.17, 15) is 4.79 Å². The number of Topliss-reactive ketones (excluding diaryl/α,β-unsaturated/α-hetero) is 1. The molecular weight excluding hydrogens is 308 g/mol. The molecule has 0 aliphatic carbocycles. The number of anilines is 1. The fourth-order valence-electron chi connectivity index (χ4n) is 1.73. The number of pyridine rings is 1. The minimum absolute atomic E-state index is 0. The quantitative estimate of drug-likeness (QED) is 0.464. The first-order valence-electron chi connectivity index (χ1n) is 8.53. The summed E-state index contributed by atoms with van der Waals surface area (Å²) in [7, 11) is 1.64. The second-order valence-corrected chi connectivity index (χ2v) is 5.09. The van der Waals surface area contributed by atoms with Crippen molar-refractivity contribution in [1.29, 1.82) is 0 Å². The predicted molar refractivity (Wildman–Crippen MR) is 98.9 cm³/mol. The topological polar surface area (TPSA) is 69.7 Å². The van der Waals surface area contributed by atoms with Crippen LogP contribution in [0.3, 0.4) is 0 Å². The number of hydrogen-bond acceptors (Lipinski definition) is 6. The van der Waals surface area contributed by atoms with Gasteiger partial charge in [-0.2, -0.15) is 0 Å². The largest absolute Gasteiger partial charge is 0.382 e. The zero-order valence-corrected chi connectivity index (χ0v) is 15.6. The second-order valence-electron chi connectivity index (χ2n) is 5.09. The molecular formula is C18H34N2O4. The van der Waals surface area contributed by atoms with Gasteiger partial charge in [0.15, 0.2) is 5.78 Å². The van der Waals surface area contributed by atoms with Gasteiger partial charge in [-0.05, 0) is 12.1 Å². The molecule has 0 amide bonds. The van der Waals surface area contributed by atoms with Crippen LogP contribution in [0.25, 0.3) is 0 Å². The lowest BCUT2D eigenvalue weighted by atomic mass is 10.0. The van der Waals surface area contributed by atoms with E-state index in [1.54, 1.807) is 25.4 Å². The van der Waals surface area contributed by atoms with Crippen molar-refractivity contribution in [2.24, 2.45) is 5.92 Å². The van der Waals surface area contributed by atoms with Crippen molar-refractivity contribution in [1.82, 2.24) is 4.98 Å². The monoisotopic (exact) mass is 342 g/mol. The maximum atomic E-state index is 11.9. The fraction of sp³-hybridized carbons (Fsp3) is 0.667. The highest BCUT2D eigenvalue weighted by Crippen LogP contribution is 2.11. The number of rotatable bonds is 12. The van der Waals surface area contributed by atoms with Crippen LogP contribution in [0, 0.1) is 5.92 Å². The highest BCUT2D eigenvalue weighted by atomic mass is 16.5. The molecule has 1 heterocycles. The van der Waals surface area contributed by atoms with Gasteiger partial charge in [0.2, 0.25) is 0 Å². The molecule has 0 unspecified atom stereocenters. The van der Waals surface area contributed by atoms with E-state index in [4.69, 9.17) is 14.2 Å². The Labute approximate surface area is 147 Å². The van der Waals surface area contributed by atoms with Gasteiger partial charge >= 0.3 is 0 Å². The zero-order valence-electron chi connectivity index (χ0n) is 15.6. The standard InChI is InChI=1S/C16H26N2O4.C2H6.H2/c1-13(2)16(19)14-4-5-17-15(12-14)18-6-7-21-10-11-22-9-8-20-3;1-2;/h4-5,12-13H,6-11H2,1-3H3,(H,17,18);1-2H3;1H. The van der Waals surface area contributed by atoms with Crippen LogP contribution < -0.4 is 5.32 Å². The zero-order chi connectivity index (χ0) is 18.2. The van der Waals surface area contributed by atoms with E-state index in [0.29, 0.717) is 51.0 Å². The van der Waals surface area contributed by atoms with Crippen LogP contribution in [-0.4, -0.2) is 57.5 Å². The molecule has 0 saturated heterocycles. The SMILES string of the molecule is CC.COCCOCCOCCNc1cc(C(=O)C(C)C)ccn1.[HH]. The lowest BCUT2D eigenvalue weighted by Crippen LogP contribution is -2.14. The second kappa shape index (κ2) is 15.1. The van der Waals surface area contributed by atoms with Crippen molar-refractivity contribution in [3.05, 3.63) is 23.9 Å². The Morgan fingerprint density at radius 1 is 1.17 bits per heavy atom. The summed E-state index contributed by atoms with van der Waals surface area (Å²) in [5.74, 6) is 0.790. The fourth-order valence-corrected chi connectivity index (χ4v) is 1.73. The van der Waals surface area contributed by atoms with E-state index in [1.165, 1.54) is 0 Å². The van der Waals surface area contributed by atoms with E-state index in [2.05, 4.69) is 10.3 Å². The Hall–Kier alpha value is -1.50. The molecule has 0 bridgehead atoms. The predicted octanol–water partition coefficient (Wildman–Crippen LogP) is 3.28. The van der Waals surface area contributed by atoms with E-state index < -0.39 is 0 Å². The average molecular weight is 342 g/mol. The summed E-state index contributed by atoms with van der Waals surface area (Å²) >= 11 is 0. The van der Waals surface area contributed by atoms with Gasteiger partial charge in [0.1, 0.15) is 5.82 Å². The van der Waals surface area contributed by atoms with Crippen LogP contribution in [0.2, 0.25) is 0 Å². The van der Waals surface area contributed by atoms with Crippen molar-refractivity contribution in [2.45, 2.75) is 27.7 Å². The summed E-state index contributed by atoms with van der Waals surface area (Å²) in [5, 5.41) is 3.14. The number of aromatic nitrogens is 1. The van der Waals surface area contributed by atoms with Gasteiger partial charge in [-0.25, -0.2) is 4.98 Å². The molecule has 1 aromatic rings. The summed E-state index contributed by atoms with van der Waals surface area (Å²) in [6.45, 7) is 11.2. The maximum absolute atomic E-state index is 11.9. The number of ether oxygens (including phenoxy) is 3. The number of carbonyl (C=O) groups is 1. The third-order valence-electron chi connectivity index (χ3n) is 2.93. The van der Waals surface area contributed by atoms with Crippen molar-refractivity contribution >= 4 is 11.6 Å². The van der Waals surface area contributed by atoms with Crippen LogP contribution in [0.1, 0.15) is 39.5 Å². The Kier molecular flexibility index (Phi) is 14.1. The maximum Gasteiger partial charge on any atom is 0.165 e. The van der Waals surface area contributed by atoms with Gasteiger partial charge in [-0.3, -0.25) is 4.79 Å². The minimum atomic E-state index is -0.0170. The molecule has 0 aliphatic rings. The van der Waals surface area contributed by atoms with Crippen molar-refractivity contribution in [3.8, 4) is 0 Å². The number of ketones is 1. The third kappa shape index (κ3) is 10.3. The molecule has 0 saturated carbocycles. The van der Waals surface area contributed by atoms with Crippen LogP contribution in [-0.2, 0) is 14.2 Å². The summed E-state index contributed by atoms with van der Waals surface area (Å²) in [6, 6.07) is 3.51. The summed E-state index contributed by atoms with van der Waals surface area (Å²) < 4.78 is 15.6. The van der Waals surface area contributed by atoms with E-state index in [0.717, 1.165) is 0 Å². The number of nitrogens with zero attached hydrogens (tertiary/aromatic N) is 1. The van der Waals surface area contributed by atoms with Crippen molar-refractivity contribution in [2.75, 3.05) is 52.0 Å². The molecule has 6 heteroatoms. The number of nitrogens with one attached hydrogen (secondary N) is 1. The molecule has 1 aromatic heterocycles. The highest BCUT2D eigenvalue weighted by Gasteiger charge is 2.10. The first-order valence-corrected chi connectivity index (χ1v) is 8.53. The van der Waals surface area contributed by atoms with Crippen LogP contribution in [0.5, 0.6) is 0 Å². The molecule has 6 nitrogen and oxygen atoms in total. The molecule has 0 aliphatic heterocycles. The van der Waals surface area contributed by atoms with Crippen LogP contribution in [0.15, 0.2) is 18.3 Å². The number of methoxy groups -OCH3 is 1. The first-order chi connectivity index (χ1) is 11.6. The summed E-state index contributed by atoms with van der Waals surface area (Å²) in [4.78, 5) is 16.1. The molecule has 0 spiro atoms. The van der Waals surface area contributed by atoms with Crippen LogP contribution in [0.4, 0.5) is 5.82 Å². The van der Waals surface area contributed by atoms with Gasteiger partial charge in [0.05, 0.1) is 33.0 Å². The van der Waals surface area contributed by atoms with Crippen molar-refractivity contribution in [3.63, 3.8) is 0 Å². The molecule has 1 N–H and O–H groups in total. The van der Waals surface area contributed by atoms with Crippen molar-refractivity contribution < 1.29 is 20.4 Å². The molecule has 140 valence electrons. The van der Waals surface area contributed by atoms with E-state index in [1.807, 2.05) is 27.7 Å². The summed E-state index contributed by atoms with van der Waals surface area (Å²) in [5.41, 5.74) is 0.681. The highest BCUT2D eigenvalue weighted by molar-refractivity contribution is 5.97. The summed E-state index contributed by atoms with van der Waals surface area (Å²) in [6.07, 6.45) is 1.64. The molecule has 0 atom stereocenters. The molecule has 0 radical (unpaired) electrons. The smallest absolute Gasteiger partial charge is 0.165 e. The Morgan fingerprint density at radius 2 is 1.79 bits per heavy atom. The number of carbonyl (C=O) groups excluding carboxylic acids is 1. The third-order valence-corrected chi connectivity index (χ3v) is 2.93. The van der Waals surface area contributed by atoms with Gasteiger partial charge in [0.25, 0.3) is 0 Å².